The lowest BCUT2D eigenvalue weighted by atomic mass is 9.85. The van der Waals surface area contributed by atoms with Gasteiger partial charge in [0.1, 0.15) is 0 Å². The number of hydrogen-bond acceptors (Lipinski definition) is 2. The van der Waals surface area contributed by atoms with Gasteiger partial charge in [-0.25, -0.2) is 0 Å². The molecule has 0 saturated carbocycles. The van der Waals surface area contributed by atoms with E-state index in [0.717, 1.165) is 10.1 Å². The smallest absolute Gasteiger partial charge is 0.398 e. The first-order valence-corrected chi connectivity index (χ1v) is 6.20. The normalized spacial score (nSPS) is 22.8. The Morgan fingerprint density at radius 1 is 1.19 bits per heavy atom. The highest BCUT2D eigenvalue weighted by Crippen LogP contribution is 2.36. The molecule has 0 amide bonds. The van der Waals surface area contributed by atoms with Crippen LogP contribution in [0.1, 0.15) is 27.7 Å². The summed E-state index contributed by atoms with van der Waals surface area (Å²) in [6.07, 6.45) is 2.00. The topological polar surface area (TPSA) is 23.4 Å². The maximum atomic E-state index is 5.98. The molecule has 0 N–H and O–H groups in total. The predicted octanol–water partition coefficient (Wildman–Crippen LogP) is 2.09. The third-order valence-corrected chi connectivity index (χ3v) is 3.94. The summed E-state index contributed by atoms with van der Waals surface area (Å²) in [5.41, 5.74) is 0.466. The van der Waals surface area contributed by atoms with Gasteiger partial charge in [0.25, 0.3) is 0 Å². The van der Waals surface area contributed by atoms with Gasteiger partial charge in [0.15, 0.2) is 0 Å². The van der Waals surface area contributed by atoms with E-state index in [0.29, 0.717) is 0 Å². The molecule has 1 fully saturated rings. The maximum Gasteiger partial charge on any atom is 0.512 e. The molecule has 16 heavy (non-hydrogen) atoms. The summed E-state index contributed by atoms with van der Waals surface area (Å²) in [6, 6.07) is 2.03. The largest absolute Gasteiger partial charge is 0.512 e. The second-order valence-electron chi connectivity index (χ2n) is 5.28. The van der Waals surface area contributed by atoms with Gasteiger partial charge in [-0.1, -0.05) is 0 Å². The number of aromatic nitrogens is 1. The van der Waals surface area contributed by atoms with Gasteiger partial charge in [-0.3, -0.25) is 0 Å². The van der Waals surface area contributed by atoms with E-state index in [1.54, 1.807) is 0 Å². The van der Waals surface area contributed by atoms with E-state index < -0.39 is 0 Å². The van der Waals surface area contributed by atoms with Crippen LogP contribution < -0.4 is 5.59 Å². The molecule has 2 rings (SSSR count). The van der Waals surface area contributed by atoms with Crippen LogP contribution in [0.15, 0.2) is 16.7 Å². The molecule has 0 unspecified atom stereocenters. The molecule has 0 atom stereocenters. The fourth-order valence-corrected chi connectivity index (χ4v) is 2.28. The average molecular weight is 286 g/mol. The van der Waals surface area contributed by atoms with E-state index in [1.165, 1.54) is 0 Å². The van der Waals surface area contributed by atoms with Gasteiger partial charge in [-0.2, -0.15) is 0 Å². The van der Waals surface area contributed by atoms with E-state index in [9.17, 15) is 0 Å². The summed E-state index contributed by atoms with van der Waals surface area (Å²) in [7, 11) is 1.70. The number of rotatable bonds is 1. The third-order valence-electron chi connectivity index (χ3n) is 3.50. The van der Waals surface area contributed by atoms with Crippen molar-refractivity contribution in [1.82, 2.24) is 4.57 Å². The summed E-state index contributed by atoms with van der Waals surface area (Å²) in [4.78, 5) is 0. The molecule has 88 valence electrons. The standard InChI is InChI=1S/C11H17BBrNO2/c1-10(2)11(3,4)16-12(15-10)9-6-8(13)7-14(9)5/h6-7H,1-5H3. The molecule has 5 heteroatoms. The number of hydrogen-bond donors (Lipinski definition) is 0. The summed E-state index contributed by atoms with van der Waals surface area (Å²) >= 11 is 3.46. The van der Waals surface area contributed by atoms with Crippen LogP contribution in [-0.4, -0.2) is 22.9 Å². The Hall–Kier alpha value is -0.255. The van der Waals surface area contributed by atoms with Gasteiger partial charge < -0.3 is 13.9 Å². The van der Waals surface area contributed by atoms with Crippen LogP contribution in [0.4, 0.5) is 0 Å². The minimum atomic E-state index is -0.290. The Morgan fingerprint density at radius 2 is 1.69 bits per heavy atom. The Balaban J connectivity index is 2.30. The van der Waals surface area contributed by atoms with Gasteiger partial charge >= 0.3 is 7.12 Å². The van der Waals surface area contributed by atoms with Crippen molar-refractivity contribution in [2.24, 2.45) is 7.05 Å². The molecule has 1 aliphatic rings. The zero-order chi connectivity index (χ0) is 12.1. The molecular weight excluding hydrogens is 269 g/mol. The molecule has 3 nitrogen and oxygen atoms in total. The fourth-order valence-electron chi connectivity index (χ4n) is 1.74. The van der Waals surface area contributed by atoms with Crippen LogP contribution in [0.5, 0.6) is 0 Å². The lowest BCUT2D eigenvalue weighted by Gasteiger charge is -2.32. The Bertz CT molecular complexity index is 398. The van der Waals surface area contributed by atoms with Crippen molar-refractivity contribution in [3.05, 3.63) is 16.7 Å². The van der Waals surface area contributed by atoms with Crippen molar-refractivity contribution in [3.63, 3.8) is 0 Å². The number of nitrogens with zero attached hydrogens (tertiary/aromatic N) is 1. The summed E-state index contributed by atoms with van der Waals surface area (Å²) in [6.45, 7) is 8.24. The van der Waals surface area contributed by atoms with Crippen LogP contribution >= 0.6 is 15.9 Å². The van der Waals surface area contributed by atoms with Crippen molar-refractivity contribution in [2.45, 2.75) is 38.9 Å². The van der Waals surface area contributed by atoms with E-state index in [1.807, 2.05) is 23.9 Å². The number of halogens is 1. The molecule has 2 heterocycles. The zero-order valence-electron chi connectivity index (χ0n) is 10.4. The average Bonchev–Trinajstić information content (AvgIpc) is 2.51. The van der Waals surface area contributed by atoms with Crippen molar-refractivity contribution in [2.75, 3.05) is 0 Å². The van der Waals surface area contributed by atoms with Gasteiger partial charge in [-0.15, -0.1) is 0 Å². The Morgan fingerprint density at radius 3 is 2.06 bits per heavy atom. The van der Waals surface area contributed by atoms with Crippen LogP contribution in [-0.2, 0) is 16.4 Å². The third kappa shape index (κ3) is 1.85. The van der Waals surface area contributed by atoms with Gasteiger partial charge in [0.05, 0.1) is 11.2 Å². The van der Waals surface area contributed by atoms with Crippen LogP contribution in [0.2, 0.25) is 0 Å². The second-order valence-corrected chi connectivity index (χ2v) is 6.20. The molecule has 0 bridgehead atoms. The zero-order valence-corrected chi connectivity index (χ0v) is 12.0. The summed E-state index contributed by atoms with van der Waals surface area (Å²) in [5, 5.41) is 0. The molecule has 1 aliphatic heterocycles. The SMILES string of the molecule is Cn1cc(Br)cc1B1OC(C)(C)C(C)(C)O1. The van der Waals surface area contributed by atoms with Crippen LogP contribution in [0.25, 0.3) is 0 Å². The first kappa shape index (κ1) is 12.2. The molecular formula is C11H17BBrNO2. The molecule has 1 aromatic heterocycles. The molecule has 0 aromatic carbocycles. The molecule has 1 saturated heterocycles. The van der Waals surface area contributed by atoms with Gasteiger partial charge in [-0.05, 0) is 49.7 Å². The molecule has 0 spiro atoms. The van der Waals surface area contributed by atoms with E-state index in [-0.39, 0.29) is 18.3 Å². The Labute approximate surface area is 105 Å². The molecule has 1 aromatic rings. The monoisotopic (exact) mass is 285 g/mol. The number of aryl methyl sites for hydroxylation is 1. The summed E-state index contributed by atoms with van der Waals surface area (Å²) < 4.78 is 15.0. The van der Waals surface area contributed by atoms with Crippen LogP contribution in [0.3, 0.4) is 0 Å². The van der Waals surface area contributed by atoms with Gasteiger partial charge in [0.2, 0.25) is 0 Å². The van der Waals surface area contributed by atoms with Crippen molar-refractivity contribution in [1.29, 1.82) is 0 Å². The maximum absolute atomic E-state index is 5.98. The van der Waals surface area contributed by atoms with Crippen molar-refractivity contribution >= 4 is 28.6 Å². The first-order chi connectivity index (χ1) is 7.23. The Kier molecular flexibility index (Phi) is 2.76. The van der Waals surface area contributed by atoms with E-state index in [2.05, 4.69) is 43.6 Å². The highest BCUT2D eigenvalue weighted by Gasteiger charge is 2.52. The predicted molar refractivity (Wildman–Crippen MR) is 68.8 cm³/mol. The lowest BCUT2D eigenvalue weighted by Crippen LogP contribution is -2.41. The van der Waals surface area contributed by atoms with E-state index in [4.69, 9.17) is 9.31 Å². The minimum absolute atomic E-state index is 0.283. The van der Waals surface area contributed by atoms with Crippen molar-refractivity contribution < 1.29 is 9.31 Å². The van der Waals surface area contributed by atoms with Crippen LogP contribution in [0, 0.1) is 0 Å². The molecule has 0 radical (unpaired) electrons. The van der Waals surface area contributed by atoms with Gasteiger partial charge in [0, 0.05) is 23.3 Å². The molecule has 0 aliphatic carbocycles. The second kappa shape index (κ2) is 3.62. The quantitative estimate of drug-likeness (QED) is 0.738. The highest BCUT2D eigenvalue weighted by molar-refractivity contribution is 9.10. The van der Waals surface area contributed by atoms with E-state index >= 15 is 0 Å². The minimum Gasteiger partial charge on any atom is -0.398 e. The fraction of sp³-hybridized carbons (Fsp3) is 0.636. The first-order valence-electron chi connectivity index (χ1n) is 5.40. The van der Waals surface area contributed by atoms with Crippen molar-refractivity contribution in [3.8, 4) is 0 Å². The summed E-state index contributed by atoms with van der Waals surface area (Å²) in [5.74, 6) is 0. The lowest BCUT2D eigenvalue weighted by molar-refractivity contribution is 0.00578. The highest BCUT2D eigenvalue weighted by atomic mass is 79.9.